The second-order valence-corrected chi connectivity index (χ2v) is 3.94. The van der Waals surface area contributed by atoms with E-state index in [-0.39, 0.29) is 11.5 Å². The first-order chi connectivity index (χ1) is 8.45. The van der Waals surface area contributed by atoms with E-state index in [2.05, 4.69) is 5.32 Å². The lowest BCUT2D eigenvalue weighted by atomic mass is 10.1. The third kappa shape index (κ3) is 3.53. The number of primary amides is 1. The molecular weight excluding hydrogens is 237 g/mol. The second kappa shape index (κ2) is 6.11. The molecule has 6 heteroatoms. The first-order valence-corrected chi connectivity index (χ1v) is 5.61. The second-order valence-electron chi connectivity index (χ2n) is 3.94. The largest absolute Gasteiger partial charge is 0.366 e. The van der Waals surface area contributed by atoms with Gasteiger partial charge >= 0.3 is 0 Å². The number of hydrogen-bond acceptors (Lipinski definition) is 3. The van der Waals surface area contributed by atoms with Gasteiger partial charge in [0.1, 0.15) is 5.82 Å². The van der Waals surface area contributed by atoms with Gasteiger partial charge < -0.3 is 16.8 Å². The summed E-state index contributed by atoms with van der Waals surface area (Å²) < 4.78 is 13.2. The van der Waals surface area contributed by atoms with Crippen molar-refractivity contribution in [3.8, 4) is 0 Å². The molecule has 0 aromatic heterocycles. The first-order valence-electron chi connectivity index (χ1n) is 5.61. The van der Waals surface area contributed by atoms with Crippen molar-refractivity contribution >= 4 is 17.5 Å². The Labute approximate surface area is 104 Å². The summed E-state index contributed by atoms with van der Waals surface area (Å²) in [5.41, 5.74) is 10.7. The standard InChI is InChI=1S/C12H16FN3O2/c1-2-3-10(14)12(18)16-7-4-5-9(13)8(6-7)11(15)17/h4-6,10H,2-3,14H2,1H3,(H2,15,17)(H,16,18)/t10-/m0/s1. The van der Waals surface area contributed by atoms with Crippen LogP contribution in [0.3, 0.4) is 0 Å². The lowest BCUT2D eigenvalue weighted by Crippen LogP contribution is -2.35. The number of rotatable bonds is 5. The van der Waals surface area contributed by atoms with E-state index in [1.165, 1.54) is 12.1 Å². The Morgan fingerprint density at radius 2 is 2.11 bits per heavy atom. The van der Waals surface area contributed by atoms with Crippen molar-refractivity contribution in [3.05, 3.63) is 29.6 Å². The Morgan fingerprint density at radius 3 is 2.67 bits per heavy atom. The molecule has 0 aliphatic heterocycles. The number of carbonyl (C=O) groups excluding carboxylic acids is 2. The Morgan fingerprint density at radius 1 is 1.44 bits per heavy atom. The van der Waals surface area contributed by atoms with Crippen LogP contribution in [0, 0.1) is 5.82 Å². The van der Waals surface area contributed by atoms with Crippen molar-refractivity contribution in [3.63, 3.8) is 0 Å². The fraction of sp³-hybridized carbons (Fsp3) is 0.333. The summed E-state index contributed by atoms with van der Waals surface area (Å²) in [6, 6.07) is 2.98. The molecule has 98 valence electrons. The van der Waals surface area contributed by atoms with E-state index in [1.807, 2.05) is 6.92 Å². The molecule has 1 atom stereocenters. The number of halogens is 1. The van der Waals surface area contributed by atoms with Gasteiger partial charge in [-0.1, -0.05) is 13.3 Å². The van der Waals surface area contributed by atoms with Gasteiger partial charge in [0.15, 0.2) is 0 Å². The van der Waals surface area contributed by atoms with Crippen LogP contribution in [0.15, 0.2) is 18.2 Å². The highest BCUT2D eigenvalue weighted by molar-refractivity contribution is 5.98. The monoisotopic (exact) mass is 253 g/mol. The van der Waals surface area contributed by atoms with Crippen LogP contribution in [0.5, 0.6) is 0 Å². The minimum atomic E-state index is -0.888. The molecule has 0 heterocycles. The molecule has 5 nitrogen and oxygen atoms in total. The first kappa shape index (κ1) is 14.1. The third-order valence-electron chi connectivity index (χ3n) is 2.44. The summed E-state index contributed by atoms with van der Waals surface area (Å²) in [6.45, 7) is 1.91. The van der Waals surface area contributed by atoms with Crippen LogP contribution in [0.25, 0.3) is 0 Å². The summed E-state index contributed by atoms with van der Waals surface area (Å²) in [4.78, 5) is 22.6. The van der Waals surface area contributed by atoms with Crippen molar-refractivity contribution in [1.82, 2.24) is 0 Å². The van der Waals surface area contributed by atoms with Crippen molar-refractivity contribution in [1.29, 1.82) is 0 Å². The van der Waals surface area contributed by atoms with Gasteiger partial charge in [0.25, 0.3) is 5.91 Å². The minimum Gasteiger partial charge on any atom is -0.366 e. The smallest absolute Gasteiger partial charge is 0.251 e. The molecular formula is C12H16FN3O2. The van der Waals surface area contributed by atoms with Crippen LogP contribution < -0.4 is 16.8 Å². The van der Waals surface area contributed by atoms with Gasteiger partial charge in [0.05, 0.1) is 11.6 Å². The van der Waals surface area contributed by atoms with E-state index >= 15 is 0 Å². The highest BCUT2D eigenvalue weighted by Crippen LogP contribution is 2.14. The Hall–Kier alpha value is -1.95. The van der Waals surface area contributed by atoms with Crippen molar-refractivity contribution < 1.29 is 14.0 Å². The highest BCUT2D eigenvalue weighted by atomic mass is 19.1. The van der Waals surface area contributed by atoms with Gasteiger partial charge in [0, 0.05) is 5.69 Å². The molecule has 1 rings (SSSR count). The molecule has 0 saturated heterocycles. The maximum Gasteiger partial charge on any atom is 0.251 e. The normalized spacial score (nSPS) is 11.9. The molecule has 0 unspecified atom stereocenters. The zero-order valence-electron chi connectivity index (χ0n) is 10.1. The Bertz CT molecular complexity index is 463. The van der Waals surface area contributed by atoms with Crippen LogP contribution in [-0.2, 0) is 4.79 Å². The zero-order chi connectivity index (χ0) is 13.7. The van der Waals surface area contributed by atoms with E-state index in [0.29, 0.717) is 12.1 Å². The van der Waals surface area contributed by atoms with E-state index in [1.54, 1.807) is 0 Å². The van der Waals surface area contributed by atoms with Gasteiger partial charge in [0.2, 0.25) is 5.91 Å². The molecule has 2 amide bonds. The fourth-order valence-electron chi connectivity index (χ4n) is 1.47. The number of amides is 2. The van der Waals surface area contributed by atoms with Gasteiger partial charge in [-0.3, -0.25) is 9.59 Å². The van der Waals surface area contributed by atoms with Gasteiger partial charge in [-0.05, 0) is 24.6 Å². The van der Waals surface area contributed by atoms with Crippen LogP contribution in [-0.4, -0.2) is 17.9 Å². The molecule has 0 fully saturated rings. The number of anilines is 1. The van der Waals surface area contributed by atoms with Crippen LogP contribution in [0.4, 0.5) is 10.1 Å². The zero-order valence-corrected chi connectivity index (χ0v) is 10.1. The average Bonchev–Trinajstić information content (AvgIpc) is 2.31. The summed E-state index contributed by atoms with van der Waals surface area (Å²) in [7, 11) is 0. The van der Waals surface area contributed by atoms with Crippen molar-refractivity contribution in [2.45, 2.75) is 25.8 Å². The minimum absolute atomic E-state index is 0.267. The fourth-order valence-corrected chi connectivity index (χ4v) is 1.47. The van der Waals surface area contributed by atoms with E-state index in [9.17, 15) is 14.0 Å². The molecule has 1 aromatic rings. The van der Waals surface area contributed by atoms with Gasteiger partial charge in [-0.25, -0.2) is 4.39 Å². The average molecular weight is 253 g/mol. The molecule has 0 radical (unpaired) electrons. The summed E-state index contributed by atoms with van der Waals surface area (Å²) in [5, 5.41) is 2.51. The van der Waals surface area contributed by atoms with E-state index < -0.39 is 17.8 Å². The van der Waals surface area contributed by atoms with Gasteiger partial charge in [-0.15, -0.1) is 0 Å². The number of hydrogen-bond donors (Lipinski definition) is 3. The maximum atomic E-state index is 13.2. The van der Waals surface area contributed by atoms with Crippen LogP contribution >= 0.6 is 0 Å². The summed E-state index contributed by atoms with van der Waals surface area (Å²) in [5.74, 6) is -1.99. The Kier molecular flexibility index (Phi) is 4.79. The summed E-state index contributed by atoms with van der Waals surface area (Å²) in [6.07, 6.45) is 1.33. The molecule has 18 heavy (non-hydrogen) atoms. The topological polar surface area (TPSA) is 98.2 Å². The summed E-state index contributed by atoms with van der Waals surface area (Å²) >= 11 is 0. The number of nitrogens with two attached hydrogens (primary N) is 2. The number of benzene rings is 1. The lowest BCUT2D eigenvalue weighted by molar-refractivity contribution is -0.117. The maximum absolute atomic E-state index is 13.2. The Balaban J connectivity index is 2.82. The molecule has 0 aliphatic rings. The molecule has 0 saturated carbocycles. The number of nitrogens with one attached hydrogen (secondary N) is 1. The number of carbonyl (C=O) groups is 2. The van der Waals surface area contributed by atoms with Crippen LogP contribution in [0.1, 0.15) is 30.1 Å². The van der Waals surface area contributed by atoms with Crippen molar-refractivity contribution in [2.75, 3.05) is 5.32 Å². The molecule has 1 aromatic carbocycles. The predicted molar refractivity (Wildman–Crippen MR) is 66.4 cm³/mol. The third-order valence-corrected chi connectivity index (χ3v) is 2.44. The van der Waals surface area contributed by atoms with Crippen LogP contribution in [0.2, 0.25) is 0 Å². The van der Waals surface area contributed by atoms with Gasteiger partial charge in [-0.2, -0.15) is 0 Å². The molecule has 0 aliphatic carbocycles. The molecule has 0 bridgehead atoms. The quantitative estimate of drug-likeness (QED) is 0.729. The molecule has 0 spiro atoms. The van der Waals surface area contributed by atoms with Crippen molar-refractivity contribution in [2.24, 2.45) is 11.5 Å². The van der Waals surface area contributed by atoms with E-state index in [0.717, 1.165) is 12.5 Å². The predicted octanol–water partition coefficient (Wildman–Crippen LogP) is 0.990. The van der Waals surface area contributed by atoms with E-state index in [4.69, 9.17) is 11.5 Å². The molecule has 5 N–H and O–H groups in total. The highest BCUT2D eigenvalue weighted by Gasteiger charge is 2.14. The lowest BCUT2D eigenvalue weighted by Gasteiger charge is -2.11. The SMILES string of the molecule is CCC[C@H](N)C(=O)Nc1ccc(F)c(C(N)=O)c1.